The molecule has 3 aromatic heterocycles. The fourth-order valence-electron chi connectivity index (χ4n) is 9.09. The van der Waals surface area contributed by atoms with Gasteiger partial charge in [-0.25, -0.2) is 4.98 Å². The van der Waals surface area contributed by atoms with Crippen LogP contribution in [-0.4, -0.2) is 14.1 Å². The lowest BCUT2D eigenvalue weighted by molar-refractivity contribution is -0.599. The molecule has 0 amide bonds. The van der Waals surface area contributed by atoms with Gasteiger partial charge in [-0.1, -0.05) is 158 Å². The van der Waals surface area contributed by atoms with Crippen LogP contribution in [0.25, 0.3) is 50.1 Å². The highest BCUT2D eigenvalue weighted by Gasteiger charge is 2.27. The Morgan fingerprint density at radius 2 is 1.17 bits per heavy atom. The summed E-state index contributed by atoms with van der Waals surface area (Å²) in [4.78, 5) is 4.96. The topological polar surface area (TPSA) is 35.9 Å². The molecule has 0 aliphatic carbocycles. The third-order valence-electron chi connectivity index (χ3n) is 13.2. The van der Waals surface area contributed by atoms with Crippen LogP contribution in [0.15, 0.2) is 201 Å². The molecule has 0 saturated carbocycles. The van der Waals surface area contributed by atoms with Crippen molar-refractivity contribution in [1.82, 2.24) is 14.1 Å². The van der Waals surface area contributed by atoms with Gasteiger partial charge >= 0.3 is 0 Å². The molecular formula is C60H54N4O. The van der Waals surface area contributed by atoms with Gasteiger partial charge in [-0.15, -0.1) is 0 Å². The van der Waals surface area contributed by atoms with Gasteiger partial charge in [0.15, 0.2) is 0 Å². The summed E-state index contributed by atoms with van der Waals surface area (Å²) in [5.41, 5.74) is 12.3. The number of imidazole rings is 1. The fourth-order valence-corrected chi connectivity index (χ4v) is 9.09. The van der Waals surface area contributed by atoms with E-state index in [1.807, 2.05) is 29.1 Å². The number of benzene rings is 7. The zero-order valence-corrected chi connectivity index (χ0v) is 38.2. The SMILES string of the molecule is CC(C)(C)c1ccnc(-n2c3ccc(C(C)(C)c4ccccc4)cc3c3ccc(Oc4cccc(-n5[c-][n+](-c6cc(-c7ccccc7)cc(C(C)(C)c7ccccc7)c6)cc5)c4)cc32)c1. The number of nitrogens with zero attached hydrogens (tertiary/aromatic N) is 4. The summed E-state index contributed by atoms with van der Waals surface area (Å²) < 4.78 is 13.1. The molecule has 0 aliphatic rings. The maximum atomic E-state index is 6.73. The highest BCUT2D eigenvalue weighted by Crippen LogP contribution is 2.40. The molecule has 10 rings (SSSR count). The highest BCUT2D eigenvalue weighted by molar-refractivity contribution is 6.10. The molecule has 7 aromatic carbocycles. The molecule has 0 N–H and O–H groups in total. The van der Waals surface area contributed by atoms with Gasteiger partial charge in [0.2, 0.25) is 0 Å². The van der Waals surface area contributed by atoms with E-state index in [2.05, 4.69) is 240 Å². The van der Waals surface area contributed by atoms with E-state index in [1.54, 1.807) is 0 Å². The Hall–Kier alpha value is -7.50. The monoisotopic (exact) mass is 846 g/mol. The Bertz CT molecular complexity index is 3320. The summed E-state index contributed by atoms with van der Waals surface area (Å²) in [6.07, 6.45) is 9.65. The van der Waals surface area contributed by atoms with Crippen molar-refractivity contribution < 1.29 is 9.30 Å². The smallest absolute Gasteiger partial charge is 0.268 e. The average molecular weight is 847 g/mol. The number of hydrogen-bond donors (Lipinski definition) is 0. The summed E-state index contributed by atoms with van der Waals surface area (Å²) in [5, 5.41) is 2.33. The van der Waals surface area contributed by atoms with Crippen molar-refractivity contribution in [2.75, 3.05) is 0 Å². The number of rotatable bonds is 10. The van der Waals surface area contributed by atoms with Crippen LogP contribution < -0.4 is 9.30 Å². The van der Waals surface area contributed by atoms with Gasteiger partial charge in [-0.2, -0.15) is 0 Å². The molecule has 10 aromatic rings. The van der Waals surface area contributed by atoms with Gasteiger partial charge in [0.1, 0.15) is 17.3 Å². The summed E-state index contributed by atoms with van der Waals surface area (Å²) in [6.45, 7) is 15.9. The first-order valence-electron chi connectivity index (χ1n) is 22.5. The van der Waals surface area contributed by atoms with Crippen LogP contribution in [0.1, 0.15) is 76.3 Å². The summed E-state index contributed by atoms with van der Waals surface area (Å²) >= 11 is 0. The van der Waals surface area contributed by atoms with Gasteiger partial charge in [-0.3, -0.25) is 13.7 Å². The Kier molecular flexibility index (Phi) is 10.4. The van der Waals surface area contributed by atoms with E-state index < -0.39 is 0 Å². The lowest BCUT2D eigenvalue weighted by atomic mass is 9.77. The van der Waals surface area contributed by atoms with Crippen LogP contribution >= 0.6 is 0 Å². The molecule has 0 fully saturated rings. The van der Waals surface area contributed by atoms with Crippen molar-refractivity contribution in [3.63, 3.8) is 0 Å². The van der Waals surface area contributed by atoms with Crippen LogP contribution in [0.4, 0.5) is 0 Å². The minimum absolute atomic E-state index is 0.0343. The van der Waals surface area contributed by atoms with E-state index in [1.165, 1.54) is 38.8 Å². The van der Waals surface area contributed by atoms with E-state index in [4.69, 9.17) is 9.72 Å². The minimum atomic E-state index is -0.220. The maximum absolute atomic E-state index is 6.73. The second kappa shape index (κ2) is 16.2. The van der Waals surface area contributed by atoms with Crippen LogP contribution in [0.5, 0.6) is 11.5 Å². The van der Waals surface area contributed by atoms with Crippen LogP contribution in [0.2, 0.25) is 0 Å². The number of pyridine rings is 1. The van der Waals surface area contributed by atoms with Gasteiger partial charge in [0.05, 0.1) is 22.4 Å². The van der Waals surface area contributed by atoms with Crippen LogP contribution in [-0.2, 0) is 16.2 Å². The first kappa shape index (κ1) is 41.5. The molecule has 65 heavy (non-hydrogen) atoms. The van der Waals surface area contributed by atoms with Crippen molar-refractivity contribution in [2.24, 2.45) is 0 Å². The van der Waals surface area contributed by atoms with E-state index in [0.717, 1.165) is 50.7 Å². The van der Waals surface area contributed by atoms with E-state index in [-0.39, 0.29) is 16.2 Å². The largest absolute Gasteiger partial charge is 0.458 e. The molecule has 0 bridgehead atoms. The fraction of sp³-hybridized carbons (Fsp3) is 0.167. The number of ether oxygens (including phenoxy) is 1. The molecule has 0 spiro atoms. The van der Waals surface area contributed by atoms with Crippen LogP contribution in [0, 0.1) is 6.33 Å². The van der Waals surface area contributed by atoms with E-state index >= 15 is 0 Å². The van der Waals surface area contributed by atoms with Gasteiger partial charge in [-0.05, 0) is 111 Å². The summed E-state index contributed by atoms with van der Waals surface area (Å²) in [5.74, 6) is 2.36. The zero-order chi connectivity index (χ0) is 44.9. The first-order chi connectivity index (χ1) is 31.3. The van der Waals surface area contributed by atoms with Gasteiger partial charge in [0.25, 0.3) is 6.33 Å². The Morgan fingerprint density at radius 3 is 1.88 bits per heavy atom. The van der Waals surface area contributed by atoms with Crippen molar-refractivity contribution in [3.05, 3.63) is 235 Å². The van der Waals surface area contributed by atoms with Crippen molar-refractivity contribution in [1.29, 1.82) is 0 Å². The number of hydrogen-bond acceptors (Lipinski definition) is 2. The predicted octanol–water partition coefficient (Wildman–Crippen LogP) is 14.5. The molecule has 0 atom stereocenters. The first-order valence-corrected chi connectivity index (χ1v) is 22.5. The van der Waals surface area contributed by atoms with Crippen molar-refractivity contribution in [3.8, 4) is 39.8 Å². The molecule has 5 nitrogen and oxygen atoms in total. The zero-order valence-electron chi connectivity index (χ0n) is 38.2. The van der Waals surface area contributed by atoms with Gasteiger partial charge < -0.3 is 4.74 Å². The van der Waals surface area contributed by atoms with E-state index in [9.17, 15) is 0 Å². The number of fused-ring (bicyclic) bond motifs is 3. The Labute approximate surface area is 382 Å². The standard InChI is InChI=1S/C60H54N4O/c1-58(2,3)46-30-31-61-57(38-46)64-55-29-26-47(59(4,5)44-20-13-9-14-21-44)37-54(55)53-28-27-52(40-56(53)64)65-51-25-17-24-49(39-51)62-32-33-63(41-62)50-35-43(42-18-11-8-12-19-42)34-48(36-50)60(6,7)45-22-15-10-16-23-45/h8-40H,1-7H3. The highest BCUT2D eigenvalue weighted by atomic mass is 16.5. The quantitative estimate of drug-likeness (QED) is 0.102. The normalized spacial score (nSPS) is 12.2. The molecule has 320 valence electrons. The van der Waals surface area contributed by atoms with Crippen molar-refractivity contribution >= 4 is 21.8 Å². The number of aromatic nitrogens is 4. The van der Waals surface area contributed by atoms with Crippen molar-refractivity contribution in [2.45, 2.75) is 64.7 Å². The predicted molar refractivity (Wildman–Crippen MR) is 266 cm³/mol. The average Bonchev–Trinajstić information content (AvgIpc) is 3.96. The van der Waals surface area contributed by atoms with E-state index in [0.29, 0.717) is 0 Å². The molecule has 0 aliphatic heterocycles. The lowest BCUT2D eigenvalue weighted by Gasteiger charge is -2.27. The minimum Gasteiger partial charge on any atom is -0.458 e. The third-order valence-corrected chi connectivity index (χ3v) is 13.2. The summed E-state index contributed by atoms with van der Waals surface area (Å²) in [6, 6.07) is 64.8. The molecule has 3 heterocycles. The third kappa shape index (κ3) is 7.93. The van der Waals surface area contributed by atoms with Crippen LogP contribution in [0.3, 0.4) is 0 Å². The van der Waals surface area contributed by atoms with Gasteiger partial charge in [0, 0.05) is 46.3 Å². The maximum Gasteiger partial charge on any atom is 0.268 e. The molecule has 0 unspecified atom stereocenters. The molecule has 0 saturated heterocycles. The lowest BCUT2D eigenvalue weighted by Crippen LogP contribution is -2.29. The Morgan fingerprint density at radius 1 is 0.492 bits per heavy atom. The molecule has 5 heteroatoms. The Balaban J connectivity index is 1.01. The molecular weight excluding hydrogens is 793 g/mol. The molecule has 0 radical (unpaired) electrons. The second-order valence-electron chi connectivity index (χ2n) is 19.3. The second-order valence-corrected chi connectivity index (χ2v) is 19.3. The summed E-state index contributed by atoms with van der Waals surface area (Å²) in [7, 11) is 0.